The highest BCUT2D eigenvalue weighted by Gasteiger charge is 2.07. The summed E-state index contributed by atoms with van der Waals surface area (Å²) in [7, 11) is 1.51. The van der Waals surface area contributed by atoms with E-state index in [4.69, 9.17) is 4.74 Å². The minimum Gasteiger partial charge on any atom is -0.497 e. The Bertz CT molecular complexity index is 312. The van der Waals surface area contributed by atoms with Crippen molar-refractivity contribution in [2.24, 2.45) is 0 Å². The molecule has 4 heteroatoms. The average molecular weight is 198 g/mol. The third-order valence-electron chi connectivity index (χ3n) is 1.62. The van der Waals surface area contributed by atoms with E-state index in [9.17, 15) is 9.18 Å². The molecular weight excluding hydrogens is 187 g/mol. The molecule has 0 spiro atoms. The summed E-state index contributed by atoms with van der Waals surface area (Å²) >= 11 is 0. The van der Waals surface area contributed by atoms with Crippen molar-refractivity contribution in [1.29, 1.82) is 0 Å². The van der Waals surface area contributed by atoms with Crippen molar-refractivity contribution in [2.45, 2.75) is 0 Å². The summed E-state index contributed by atoms with van der Waals surface area (Å²) in [4.78, 5) is 11.2. The third-order valence-corrected chi connectivity index (χ3v) is 1.62. The number of esters is 1. The Morgan fingerprint density at radius 1 is 1.50 bits per heavy atom. The molecule has 0 aliphatic carbocycles. The van der Waals surface area contributed by atoms with Crippen LogP contribution in [0, 0.1) is 0 Å². The van der Waals surface area contributed by atoms with Gasteiger partial charge in [0.2, 0.25) is 0 Å². The molecule has 0 aliphatic heterocycles. The number of halogens is 1. The van der Waals surface area contributed by atoms with Gasteiger partial charge in [-0.15, -0.1) is 0 Å². The van der Waals surface area contributed by atoms with Crippen molar-refractivity contribution < 1.29 is 18.7 Å². The maximum Gasteiger partial charge on any atom is 0.338 e. The van der Waals surface area contributed by atoms with Gasteiger partial charge >= 0.3 is 5.97 Å². The fraction of sp³-hybridized carbons (Fsp3) is 0.300. The molecule has 0 unspecified atom stereocenters. The largest absolute Gasteiger partial charge is 0.497 e. The molecule has 0 amide bonds. The second-order valence-electron chi connectivity index (χ2n) is 2.56. The molecule has 0 aliphatic rings. The molecule has 0 radical (unpaired) electrons. The SMILES string of the molecule is COc1cccc(C(=O)OCCF)c1. The Balaban J connectivity index is 2.69. The Kier molecular flexibility index (Phi) is 3.91. The van der Waals surface area contributed by atoms with Gasteiger partial charge in [0.25, 0.3) is 0 Å². The average Bonchev–Trinajstić information content (AvgIpc) is 2.26. The first-order chi connectivity index (χ1) is 6.77. The van der Waals surface area contributed by atoms with Crippen LogP contribution in [0.5, 0.6) is 5.75 Å². The Labute approximate surface area is 81.4 Å². The van der Waals surface area contributed by atoms with E-state index in [1.54, 1.807) is 24.3 Å². The van der Waals surface area contributed by atoms with Crippen LogP contribution in [0.3, 0.4) is 0 Å². The van der Waals surface area contributed by atoms with E-state index in [1.165, 1.54) is 7.11 Å². The van der Waals surface area contributed by atoms with E-state index in [1.807, 2.05) is 0 Å². The van der Waals surface area contributed by atoms with Gasteiger partial charge in [-0.05, 0) is 18.2 Å². The number of rotatable bonds is 4. The molecule has 1 aromatic rings. The smallest absolute Gasteiger partial charge is 0.338 e. The van der Waals surface area contributed by atoms with Crippen molar-refractivity contribution in [3.8, 4) is 5.75 Å². The first kappa shape index (κ1) is 10.5. The third kappa shape index (κ3) is 2.73. The van der Waals surface area contributed by atoms with Gasteiger partial charge in [-0.2, -0.15) is 0 Å². The molecule has 1 rings (SSSR count). The van der Waals surface area contributed by atoms with E-state index in [-0.39, 0.29) is 6.61 Å². The molecule has 0 fully saturated rings. The van der Waals surface area contributed by atoms with Crippen LogP contribution in [0.4, 0.5) is 4.39 Å². The highest BCUT2D eigenvalue weighted by molar-refractivity contribution is 5.89. The lowest BCUT2D eigenvalue weighted by Gasteiger charge is -2.03. The quantitative estimate of drug-likeness (QED) is 0.692. The summed E-state index contributed by atoms with van der Waals surface area (Å²) in [5.41, 5.74) is 0.359. The number of alkyl halides is 1. The summed E-state index contributed by atoms with van der Waals surface area (Å²) in [6.45, 7) is -0.883. The van der Waals surface area contributed by atoms with Crippen LogP contribution in [0.15, 0.2) is 24.3 Å². The fourth-order valence-corrected chi connectivity index (χ4v) is 0.965. The maximum atomic E-state index is 11.7. The van der Waals surface area contributed by atoms with Crippen molar-refractivity contribution in [1.82, 2.24) is 0 Å². The molecule has 3 nitrogen and oxygen atoms in total. The maximum absolute atomic E-state index is 11.7. The van der Waals surface area contributed by atoms with Crippen LogP contribution in [0.25, 0.3) is 0 Å². The Morgan fingerprint density at radius 3 is 2.93 bits per heavy atom. The van der Waals surface area contributed by atoms with Gasteiger partial charge in [-0.3, -0.25) is 0 Å². The Hall–Kier alpha value is -1.58. The molecule has 0 saturated carbocycles. The van der Waals surface area contributed by atoms with Crippen LogP contribution in [0.1, 0.15) is 10.4 Å². The summed E-state index contributed by atoms with van der Waals surface area (Å²) in [5.74, 6) is 0.0289. The van der Waals surface area contributed by atoms with Crippen molar-refractivity contribution in [3.05, 3.63) is 29.8 Å². The van der Waals surface area contributed by atoms with E-state index in [2.05, 4.69) is 4.74 Å². The second-order valence-corrected chi connectivity index (χ2v) is 2.56. The lowest BCUT2D eigenvalue weighted by atomic mass is 10.2. The van der Waals surface area contributed by atoms with E-state index in [0.29, 0.717) is 11.3 Å². The summed E-state index contributed by atoms with van der Waals surface area (Å²) in [6.07, 6.45) is 0. The van der Waals surface area contributed by atoms with E-state index < -0.39 is 12.6 Å². The van der Waals surface area contributed by atoms with E-state index in [0.717, 1.165) is 0 Å². The lowest BCUT2D eigenvalue weighted by Crippen LogP contribution is -2.07. The molecule has 76 valence electrons. The van der Waals surface area contributed by atoms with Crippen molar-refractivity contribution in [3.63, 3.8) is 0 Å². The zero-order chi connectivity index (χ0) is 10.4. The van der Waals surface area contributed by atoms with Crippen LogP contribution >= 0.6 is 0 Å². The molecule has 14 heavy (non-hydrogen) atoms. The van der Waals surface area contributed by atoms with Gasteiger partial charge in [0.1, 0.15) is 19.0 Å². The monoisotopic (exact) mass is 198 g/mol. The highest BCUT2D eigenvalue weighted by atomic mass is 19.1. The number of benzene rings is 1. The number of methoxy groups -OCH3 is 1. The highest BCUT2D eigenvalue weighted by Crippen LogP contribution is 2.13. The van der Waals surface area contributed by atoms with Gasteiger partial charge in [0.05, 0.1) is 12.7 Å². The number of carbonyl (C=O) groups excluding carboxylic acids is 1. The molecule has 0 bridgehead atoms. The molecule has 0 aromatic heterocycles. The van der Waals surface area contributed by atoms with Gasteiger partial charge in [-0.25, -0.2) is 9.18 Å². The normalized spacial score (nSPS) is 9.57. The standard InChI is InChI=1S/C10H11FO3/c1-13-9-4-2-3-8(7-9)10(12)14-6-5-11/h2-4,7H,5-6H2,1H3. The zero-order valence-electron chi connectivity index (χ0n) is 7.83. The van der Waals surface area contributed by atoms with Gasteiger partial charge in [-0.1, -0.05) is 6.07 Å². The predicted molar refractivity (Wildman–Crippen MR) is 49.3 cm³/mol. The number of carbonyl (C=O) groups is 1. The predicted octanol–water partition coefficient (Wildman–Crippen LogP) is 1.82. The first-order valence-electron chi connectivity index (χ1n) is 4.15. The van der Waals surface area contributed by atoms with Crippen LogP contribution < -0.4 is 4.74 Å². The number of ether oxygens (including phenoxy) is 2. The van der Waals surface area contributed by atoms with Crippen molar-refractivity contribution in [2.75, 3.05) is 20.4 Å². The topological polar surface area (TPSA) is 35.5 Å². The number of hydrogen-bond donors (Lipinski definition) is 0. The first-order valence-corrected chi connectivity index (χ1v) is 4.15. The molecule has 0 saturated heterocycles. The fourth-order valence-electron chi connectivity index (χ4n) is 0.965. The molecule has 0 N–H and O–H groups in total. The second kappa shape index (κ2) is 5.21. The summed E-state index contributed by atoms with van der Waals surface area (Å²) in [6, 6.07) is 6.51. The molecule has 0 heterocycles. The minimum atomic E-state index is -0.671. The summed E-state index contributed by atoms with van der Waals surface area (Å²) < 4.78 is 21.2. The molecule has 0 atom stereocenters. The summed E-state index contributed by atoms with van der Waals surface area (Å²) in [5, 5.41) is 0. The van der Waals surface area contributed by atoms with Crippen LogP contribution in [0.2, 0.25) is 0 Å². The lowest BCUT2D eigenvalue weighted by molar-refractivity contribution is 0.0481. The van der Waals surface area contributed by atoms with Crippen LogP contribution in [-0.2, 0) is 4.74 Å². The molecular formula is C10H11FO3. The van der Waals surface area contributed by atoms with Gasteiger partial charge in [0, 0.05) is 0 Å². The van der Waals surface area contributed by atoms with Crippen LogP contribution in [-0.4, -0.2) is 26.4 Å². The van der Waals surface area contributed by atoms with E-state index >= 15 is 0 Å². The minimum absolute atomic E-state index is 0.212. The van der Waals surface area contributed by atoms with Gasteiger partial charge < -0.3 is 9.47 Å². The molecule has 1 aromatic carbocycles. The Morgan fingerprint density at radius 2 is 2.29 bits per heavy atom. The number of hydrogen-bond acceptors (Lipinski definition) is 3. The van der Waals surface area contributed by atoms with Gasteiger partial charge in [0.15, 0.2) is 0 Å². The van der Waals surface area contributed by atoms with Crippen molar-refractivity contribution >= 4 is 5.97 Å². The zero-order valence-corrected chi connectivity index (χ0v) is 7.83.